The molecule has 1 fully saturated rings. The highest BCUT2D eigenvalue weighted by Crippen LogP contribution is 2.16. The van der Waals surface area contributed by atoms with Gasteiger partial charge in [0.05, 0.1) is 0 Å². The van der Waals surface area contributed by atoms with Gasteiger partial charge >= 0.3 is 5.69 Å². The van der Waals surface area contributed by atoms with E-state index < -0.39 is 11.2 Å². The van der Waals surface area contributed by atoms with Crippen molar-refractivity contribution in [1.29, 1.82) is 0 Å². The Bertz CT molecular complexity index is 773. The zero-order chi connectivity index (χ0) is 15.5. The predicted molar refractivity (Wildman–Crippen MR) is 82.2 cm³/mol. The monoisotopic (exact) mass is 300 g/mol. The summed E-state index contributed by atoms with van der Waals surface area (Å²) in [6.07, 6.45) is 1.17. The van der Waals surface area contributed by atoms with E-state index in [0.29, 0.717) is 26.2 Å². The maximum atomic E-state index is 12.3. The molecule has 1 amide bonds. The zero-order valence-electron chi connectivity index (χ0n) is 11.9. The number of aromatic nitrogens is 2. The molecule has 0 aliphatic carbocycles. The lowest BCUT2D eigenvalue weighted by atomic mass is 10.2. The van der Waals surface area contributed by atoms with Crippen molar-refractivity contribution < 1.29 is 4.79 Å². The number of carbonyl (C=O) groups is 1. The van der Waals surface area contributed by atoms with E-state index in [2.05, 4.69) is 14.9 Å². The third-order valence-corrected chi connectivity index (χ3v) is 3.74. The molecule has 0 saturated carbocycles. The second-order valence-corrected chi connectivity index (χ2v) is 5.10. The average molecular weight is 300 g/mol. The second kappa shape index (κ2) is 5.88. The number of rotatable bonds is 2. The lowest BCUT2D eigenvalue weighted by Crippen LogP contribution is -2.50. The number of H-pyrrole nitrogens is 2. The number of hydrogen-bond donors (Lipinski definition) is 2. The van der Waals surface area contributed by atoms with Crippen LogP contribution in [0.1, 0.15) is 10.4 Å². The number of carbonyl (C=O) groups excluding carboxylic acids is 1. The lowest BCUT2D eigenvalue weighted by Gasteiger charge is -2.36. The fraction of sp³-hybridized carbons (Fsp3) is 0.267. The van der Waals surface area contributed by atoms with Gasteiger partial charge in [0.2, 0.25) is 0 Å². The standard InChI is InChI=1S/C15H16N4O3/c20-13-12(10-16-15(22)17-13)14(21)19-8-6-18(7-9-19)11-4-2-1-3-5-11/h1-5,10H,6-9H2,(H2,16,17,20,22). The van der Waals surface area contributed by atoms with Gasteiger partial charge in [0, 0.05) is 38.1 Å². The van der Waals surface area contributed by atoms with Gasteiger partial charge in [-0.25, -0.2) is 4.79 Å². The van der Waals surface area contributed by atoms with Crippen molar-refractivity contribution in [2.75, 3.05) is 31.1 Å². The molecule has 1 aromatic heterocycles. The summed E-state index contributed by atoms with van der Waals surface area (Å²) < 4.78 is 0. The van der Waals surface area contributed by atoms with Crippen molar-refractivity contribution in [3.63, 3.8) is 0 Å². The Morgan fingerprint density at radius 2 is 1.68 bits per heavy atom. The van der Waals surface area contributed by atoms with Crippen molar-refractivity contribution in [1.82, 2.24) is 14.9 Å². The largest absolute Gasteiger partial charge is 0.368 e. The summed E-state index contributed by atoms with van der Waals surface area (Å²) in [4.78, 5) is 43.2. The van der Waals surface area contributed by atoms with Crippen LogP contribution < -0.4 is 16.1 Å². The molecule has 3 rings (SSSR count). The third-order valence-electron chi connectivity index (χ3n) is 3.74. The first kappa shape index (κ1) is 14.1. The third kappa shape index (κ3) is 2.78. The molecule has 1 aromatic carbocycles. The van der Waals surface area contributed by atoms with E-state index in [0.717, 1.165) is 5.69 Å². The quantitative estimate of drug-likeness (QED) is 0.818. The Morgan fingerprint density at radius 3 is 2.32 bits per heavy atom. The molecule has 114 valence electrons. The molecular weight excluding hydrogens is 284 g/mol. The van der Waals surface area contributed by atoms with Gasteiger partial charge in [-0.05, 0) is 12.1 Å². The average Bonchev–Trinajstić information content (AvgIpc) is 2.55. The Hall–Kier alpha value is -2.83. The first-order chi connectivity index (χ1) is 10.6. The Morgan fingerprint density at radius 1 is 1.00 bits per heavy atom. The molecule has 7 nitrogen and oxygen atoms in total. The van der Waals surface area contributed by atoms with Crippen LogP contribution in [0.4, 0.5) is 5.69 Å². The second-order valence-electron chi connectivity index (χ2n) is 5.10. The van der Waals surface area contributed by atoms with E-state index in [4.69, 9.17) is 0 Å². The number of amides is 1. The van der Waals surface area contributed by atoms with E-state index in [1.807, 2.05) is 30.3 Å². The summed E-state index contributed by atoms with van der Waals surface area (Å²) in [5, 5.41) is 0. The Balaban J connectivity index is 1.70. The number of piperazine rings is 1. The van der Waals surface area contributed by atoms with E-state index >= 15 is 0 Å². The maximum absolute atomic E-state index is 12.3. The summed E-state index contributed by atoms with van der Waals surface area (Å²) in [7, 11) is 0. The van der Waals surface area contributed by atoms with Crippen molar-refractivity contribution in [3.8, 4) is 0 Å². The van der Waals surface area contributed by atoms with E-state index in [1.54, 1.807) is 4.90 Å². The smallest absolute Gasteiger partial charge is 0.325 e. The highest BCUT2D eigenvalue weighted by molar-refractivity contribution is 5.93. The fourth-order valence-corrected chi connectivity index (χ4v) is 2.55. The van der Waals surface area contributed by atoms with Crippen molar-refractivity contribution in [2.45, 2.75) is 0 Å². The highest BCUT2D eigenvalue weighted by Gasteiger charge is 2.24. The van der Waals surface area contributed by atoms with Gasteiger partial charge in [-0.2, -0.15) is 0 Å². The molecule has 1 aliphatic rings. The summed E-state index contributed by atoms with van der Waals surface area (Å²) in [5.41, 5.74) is -0.182. The zero-order valence-corrected chi connectivity index (χ0v) is 11.9. The first-order valence-corrected chi connectivity index (χ1v) is 7.06. The van der Waals surface area contributed by atoms with Crippen LogP contribution >= 0.6 is 0 Å². The van der Waals surface area contributed by atoms with Gasteiger partial charge in [0.25, 0.3) is 11.5 Å². The number of benzene rings is 1. The lowest BCUT2D eigenvalue weighted by molar-refractivity contribution is 0.0744. The minimum absolute atomic E-state index is 0.0345. The van der Waals surface area contributed by atoms with E-state index in [1.165, 1.54) is 6.20 Å². The van der Waals surface area contributed by atoms with E-state index in [-0.39, 0.29) is 11.5 Å². The minimum Gasteiger partial charge on any atom is -0.368 e. The van der Waals surface area contributed by atoms with Gasteiger partial charge in [-0.3, -0.25) is 14.6 Å². The topological polar surface area (TPSA) is 89.3 Å². The fourth-order valence-electron chi connectivity index (χ4n) is 2.55. The summed E-state index contributed by atoms with van der Waals surface area (Å²) in [6.45, 7) is 2.48. The number of nitrogens with zero attached hydrogens (tertiary/aromatic N) is 2. The van der Waals surface area contributed by atoms with Gasteiger partial charge in [-0.1, -0.05) is 18.2 Å². The SMILES string of the molecule is O=C(c1c[nH]c(=O)[nH]c1=O)N1CCN(c2ccccc2)CC1. The molecule has 7 heteroatoms. The van der Waals surface area contributed by atoms with Crippen LogP contribution in [-0.2, 0) is 0 Å². The molecule has 2 aromatic rings. The molecule has 1 saturated heterocycles. The summed E-state index contributed by atoms with van der Waals surface area (Å²) in [6, 6.07) is 9.99. The molecular formula is C15H16N4O3. The van der Waals surface area contributed by atoms with Crippen LogP contribution in [0.15, 0.2) is 46.1 Å². The van der Waals surface area contributed by atoms with Crippen LogP contribution in [0.5, 0.6) is 0 Å². The van der Waals surface area contributed by atoms with Crippen LogP contribution in [0.25, 0.3) is 0 Å². The Kier molecular flexibility index (Phi) is 3.78. The molecule has 2 heterocycles. The van der Waals surface area contributed by atoms with Crippen LogP contribution in [0.2, 0.25) is 0 Å². The van der Waals surface area contributed by atoms with Gasteiger partial charge in [-0.15, -0.1) is 0 Å². The number of nitrogens with one attached hydrogen (secondary N) is 2. The Labute approximate surface area is 126 Å². The number of para-hydroxylation sites is 1. The molecule has 0 spiro atoms. The summed E-state index contributed by atoms with van der Waals surface area (Å²) in [5.74, 6) is -0.356. The number of hydrogen-bond acceptors (Lipinski definition) is 4. The molecule has 0 radical (unpaired) electrons. The minimum atomic E-state index is -0.653. The molecule has 0 atom stereocenters. The number of aromatic amines is 2. The summed E-state index contributed by atoms with van der Waals surface area (Å²) >= 11 is 0. The van der Waals surface area contributed by atoms with Crippen molar-refractivity contribution >= 4 is 11.6 Å². The molecule has 22 heavy (non-hydrogen) atoms. The van der Waals surface area contributed by atoms with E-state index in [9.17, 15) is 14.4 Å². The molecule has 1 aliphatic heterocycles. The van der Waals surface area contributed by atoms with Gasteiger partial charge < -0.3 is 14.8 Å². The van der Waals surface area contributed by atoms with Crippen LogP contribution in [0.3, 0.4) is 0 Å². The van der Waals surface area contributed by atoms with Gasteiger partial charge in [0.1, 0.15) is 5.56 Å². The first-order valence-electron chi connectivity index (χ1n) is 7.06. The van der Waals surface area contributed by atoms with Crippen LogP contribution in [-0.4, -0.2) is 47.0 Å². The van der Waals surface area contributed by atoms with Crippen molar-refractivity contribution in [2.24, 2.45) is 0 Å². The molecule has 2 N–H and O–H groups in total. The number of anilines is 1. The van der Waals surface area contributed by atoms with Crippen molar-refractivity contribution in [3.05, 3.63) is 62.9 Å². The highest BCUT2D eigenvalue weighted by atomic mass is 16.2. The maximum Gasteiger partial charge on any atom is 0.325 e. The predicted octanol–water partition coefficient (Wildman–Crippen LogP) is 0.0256. The van der Waals surface area contributed by atoms with Crippen LogP contribution in [0, 0.1) is 0 Å². The van der Waals surface area contributed by atoms with Gasteiger partial charge in [0.15, 0.2) is 0 Å². The normalized spacial score (nSPS) is 14.9. The molecule has 0 unspecified atom stereocenters. The molecule has 0 bridgehead atoms.